The van der Waals surface area contributed by atoms with Crippen LogP contribution in [0, 0.1) is 5.82 Å². The molecule has 2 aliphatic rings. The highest BCUT2D eigenvalue weighted by molar-refractivity contribution is 14.1. The van der Waals surface area contributed by atoms with Crippen LogP contribution in [-0.4, -0.2) is 44.8 Å². The fourth-order valence-electron chi connectivity index (χ4n) is 3.05. The average Bonchev–Trinajstić information content (AvgIpc) is 3.09. The standard InChI is InChI=1S/C16H19BrFI2N3O2/c1-9(24)21-7-11-8-23(16(20)25-11)10-2-3-14(13(18)6-10)22-5-4-12(17)15(22)19/h2-3,6,11-12,15-16H,4-5,7-8H2,1H3,(H,21,24)/t11-,12?,15?,16?/m0/s1. The number of rotatable bonds is 4. The number of carbonyl (C=O) groups is 1. The summed E-state index contributed by atoms with van der Waals surface area (Å²) in [6.45, 7) is 3.41. The monoisotopic (exact) mass is 637 g/mol. The summed E-state index contributed by atoms with van der Waals surface area (Å²) in [6, 6.07) is 5.38. The summed E-state index contributed by atoms with van der Waals surface area (Å²) in [4.78, 5) is 15.5. The van der Waals surface area contributed by atoms with Crippen molar-refractivity contribution in [2.75, 3.05) is 29.4 Å². The van der Waals surface area contributed by atoms with Crippen LogP contribution >= 0.6 is 61.1 Å². The molecule has 2 heterocycles. The molecule has 0 saturated carbocycles. The topological polar surface area (TPSA) is 44.8 Å². The molecule has 138 valence electrons. The number of carbonyl (C=O) groups excluding carboxylic acids is 1. The van der Waals surface area contributed by atoms with E-state index in [2.05, 4.69) is 71.3 Å². The normalized spacial score (nSPS) is 29.3. The van der Waals surface area contributed by atoms with Crippen LogP contribution in [0.1, 0.15) is 13.3 Å². The van der Waals surface area contributed by atoms with Gasteiger partial charge in [-0.25, -0.2) is 4.39 Å². The van der Waals surface area contributed by atoms with E-state index in [1.54, 1.807) is 6.07 Å². The van der Waals surface area contributed by atoms with Crippen molar-refractivity contribution in [1.29, 1.82) is 0 Å². The largest absolute Gasteiger partial charge is 0.356 e. The van der Waals surface area contributed by atoms with Gasteiger partial charge in [0.25, 0.3) is 0 Å². The fourth-order valence-corrected chi connectivity index (χ4v) is 5.44. The molecule has 2 aliphatic heterocycles. The second-order valence-corrected chi connectivity index (χ2v) is 9.66. The molecule has 0 radical (unpaired) electrons. The highest BCUT2D eigenvalue weighted by Crippen LogP contribution is 2.37. The number of amides is 1. The summed E-state index contributed by atoms with van der Waals surface area (Å²) in [5.41, 5.74) is 1.44. The molecule has 1 amide bonds. The number of halogens is 4. The Hall–Kier alpha value is 0.120. The molecule has 3 rings (SSSR count). The van der Waals surface area contributed by atoms with Crippen LogP contribution in [-0.2, 0) is 9.53 Å². The van der Waals surface area contributed by atoms with Gasteiger partial charge in [-0.15, -0.1) is 0 Å². The van der Waals surface area contributed by atoms with Gasteiger partial charge in [-0.05, 0) is 47.2 Å². The van der Waals surface area contributed by atoms with Gasteiger partial charge < -0.3 is 19.9 Å². The number of nitrogens with zero attached hydrogens (tertiary/aromatic N) is 2. The summed E-state index contributed by atoms with van der Waals surface area (Å²) < 4.78 is 20.6. The second kappa shape index (κ2) is 8.42. The van der Waals surface area contributed by atoms with E-state index in [-0.39, 0.29) is 26.1 Å². The van der Waals surface area contributed by atoms with Crippen molar-refractivity contribution in [2.24, 2.45) is 0 Å². The first-order valence-corrected chi connectivity index (χ1v) is 11.4. The zero-order valence-electron chi connectivity index (χ0n) is 13.6. The molecule has 1 N–H and O–H groups in total. The summed E-state index contributed by atoms with van der Waals surface area (Å²) in [5, 5.41) is 2.77. The predicted molar refractivity (Wildman–Crippen MR) is 118 cm³/mol. The zero-order valence-corrected chi connectivity index (χ0v) is 19.5. The predicted octanol–water partition coefficient (Wildman–Crippen LogP) is 3.62. The molecule has 1 aromatic rings. The van der Waals surface area contributed by atoms with Crippen LogP contribution in [0.25, 0.3) is 0 Å². The van der Waals surface area contributed by atoms with Gasteiger partial charge in [0.1, 0.15) is 5.82 Å². The summed E-state index contributed by atoms with van der Waals surface area (Å²) in [7, 11) is 0. The highest BCUT2D eigenvalue weighted by Gasteiger charge is 2.34. The number of anilines is 2. The number of benzene rings is 1. The third-order valence-electron chi connectivity index (χ3n) is 4.34. The quantitative estimate of drug-likeness (QED) is 0.311. The Kier molecular flexibility index (Phi) is 6.70. The van der Waals surface area contributed by atoms with Gasteiger partial charge >= 0.3 is 0 Å². The van der Waals surface area contributed by atoms with Crippen molar-refractivity contribution in [3.63, 3.8) is 0 Å². The van der Waals surface area contributed by atoms with Crippen LogP contribution in [0.3, 0.4) is 0 Å². The summed E-state index contributed by atoms with van der Waals surface area (Å²) in [6.07, 6.45) is 0.912. The Morgan fingerprint density at radius 1 is 1.44 bits per heavy atom. The van der Waals surface area contributed by atoms with Crippen molar-refractivity contribution >= 4 is 78.4 Å². The molecule has 0 bridgehead atoms. The molecule has 1 aromatic carbocycles. The van der Waals surface area contributed by atoms with E-state index >= 15 is 0 Å². The van der Waals surface area contributed by atoms with Gasteiger partial charge in [0.15, 0.2) is 4.23 Å². The van der Waals surface area contributed by atoms with E-state index in [0.29, 0.717) is 23.6 Å². The second-order valence-electron chi connectivity index (χ2n) is 6.15. The lowest BCUT2D eigenvalue weighted by atomic mass is 10.2. The van der Waals surface area contributed by atoms with E-state index in [9.17, 15) is 9.18 Å². The van der Waals surface area contributed by atoms with Crippen LogP contribution in [0.4, 0.5) is 15.8 Å². The van der Waals surface area contributed by atoms with Crippen molar-refractivity contribution in [2.45, 2.75) is 32.6 Å². The molecule has 0 spiro atoms. The first-order valence-electron chi connectivity index (χ1n) is 8.01. The van der Waals surface area contributed by atoms with Crippen LogP contribution in [0.2, 0.25) is 0 Å². The Balaban J connectivity index is 1.71. The summed E-state index contributed by atoms with van der Waals surface area (Å²) in [5.74, 6) is -0.291. The lowest BCUT2D eigenvalue weighted by molar-refractivity contribution is -0.119. The fraction of sp³-hybridized carbons (Fsp3) is 0.562. The molecule has 3 unspecified atom stereocenters. The Labute approximate surface area is 182 Å². The SMILES string of the molecule is CC(=O)NC[C@H]1CN(c2ccc(N3CCC(Br)C3I)c(F)c2)C(I)O1. The van der Waals surface area contributed by atoms with E-state index < -0.39 is 0 Å². The maximum atomic E-state index is 14.7. The highest BCUT2D eigenvalue weighted by atomic mass is 127. The lowest BCUT2D eigenvalue weighted by Gasteiger charge is -2.26. The smallest absolute Gasteiger partial charge is 0.216 e. The van der Waals surface area contributed by atoms with E-state index in [1.807, 2.05) is 17.0 Å². The van der Waals surface area contributed by atoms with Gasteiger partial charge in [0.05, 0.1) is 15.8 Å². The van der Waals surface area contributed by atoms with Gasteiger partial charge in [0, 0.05) is 37.1 Å². The van der Waals surface area contributed by atoms with Gasteiger partial charge in [-0.2, -0.15) is 0 Å². The number of nitrogens with one attached hydrogen (secondary N) is 1. The Morgan fingerprint density at radius 2 is 2.20 bits per heavy atom. The van der Waals surface area contributed by atoms with Crippen LogP contribution < -0.4 is 15.1 Å². The minimum Gasteiger partial charge on any atom is -0.356 e. The maximum absolute atomic E-state index is 14.7. The van der Waals surface area contributed by atoms with Crippen molar-refractivity contribution < 1.29 is 13.9 Å². The molecular formula is C16H19BrFI2N3O2. The first kappa shape index (κ1) is 19.9. The summed E-state index contributed by atoms with van der Waals surface area (Å²) >= 11 is 8.18. The van der Waals surface area contributed by atoms with Gasteiger partial charge in [-0.3, -0.25) is 4.79 Å². The number of ether oxygens (including phenoxy) is 1. The maximum Gasteiger partial charge on any atom is 0.216 e. The molecule has 2 fully saturated rings. The molecule has 9 heteroatoms. The number of hydrogen-bond acceptors (Lipinski definition) is 4. The third kappa shape index (κ3) is 4.52. The van der Waals surface area contributed by atoms with Crippen molar-refractivity contribution in [1.82, 2.24) is 5.32 Å². The minimum atomic E-state index is -0.213. The molecular weight excluding hydrogens is 619 g/mol. The van der Waals surface area contributed by atoms with E-state index in [0.717, 1.165) is 18.7 Å². The van der Waals surface area contributed by atoms with Gasteiger partial charge in [-0.1, -0.05) is 38.5 Å². The third-order valence-corrected chi connectivity index (χ3v) is 8.80. The molecule has 5 nitrogen and oxygen atoms in total. The van der Waals surface area contributed by atoms with Crippen LogP contribution in [0.15, 0.2) is 18.2 Å². The molecule has 0 aromatic heterocycles. The lowest BCUT2D eigenvalue weighted by Crippen LogP contribution is -2.33. The zero-order chi connectivity index (χ0) is 18.1. The Bertz CT molecular complexity index is 654. The van der Waals surface area contributed by atoms with Gasteiger partial charge in [0.2, 0.25) is 5.91 Å². The molecule has 2 saturated heterocycles. The van der Waals surface area contributed by atoms with E-state index in [1.165, 1.54) is 6.92 Å². The first-order chi connectivity index (χ1) is 11.9. The molecule has 4 atom stereocenters. The molecule has 25 heavy (non-hydrogen) atoms. The van der Waals surface area contributed by atoms with Crippen molar-refractivity contribution in [3.8, 4) is 0 Å². The molecule has 0 aliphatic carbocycles. The van der Waals surface area contributed by atoms with Crippen LogP contribution in [0.5, 0.6) is 0 Å². The van der Waals surface area contributed by atoms with Crippen molar-refractivity contribution in [3.05, 3.63) is 24.0 Å². The Morgan fingerprint density at radius 3 is 2.80 bits per heavy atom. The number of alkyl halides is 3. The average molecular weight is 638 g/mol. The number of hydrogen-bond donors (Lipinski definition) is 1. The van der Waals surface area contributed by atoms with E-state index in [4.69, 9.17) is 4.74 Å². The minimum absolute atomic E-state index is 0.0773.